The van der Waals surface area contributed by atoms with Crippen LogP contribution < -0.4 is 11.5 Å². The molecule has 2 aromatic heterocycles. The van der Waals surface area contributed by atoms with Gasteiger partial charge in [0, 0.05) is 28.3 Å². The monoisotopic (exact) mass is 346 g/mol. The molecule has 0 amide bonds. The molecule has 0 atom stereocenters. The van der Waals surface area contributed by atoms with Crippen molar-refractivity contribution in [3.05, 3.63) is 60.3 Å². The maximum atomic E-state index is 8.72. The van der Waals surface area contributed by atoms with Gasteiger partial charge in [0.25, 0.3) is 5.89 Å². The van der Waals surface area contributed by atoms with Crippen molar-refractivity contribution in [2.75, 3.05) is 5.73 Å². The van der Waals surface area contributed by atoms with Gasteiger partial charge in [-0.25, -0.2) is 4.98 Å². The number of anilines is 1. The molecule has 0 aliphatic rings. The molecule has 0 saturated carbocycles. The summed E-state index contributed by atoms with van der Waals surface area (Å²) in [4.78, 5) is 8.67. The number of nitrogen functional groups attached to an aromatic ring is 1. The van der Waals surface area contributed by atoms with E-state index in [9.17, 15) is 0 Å². The zero-order valence-corrected chi connectivity index (χ0v) is 13.5. The standard InChI is InChI=1S/C18H14N6O2/c19-15(23-25)10-5-7-11(8-6-10)18-22-17(24-26-18)14-9-21-16(20)13-4-2-1-3-12(13)14/h1-9,25H,(H2,19,23)(H2,20,21). The molecule has 0 spiro atoms. The summed E-state index contributed by atoms with van der Waals surface area (Å²) in [5, 5.41) is 17.5. The number of hydrogen-bond acceptors (Lipinski definition) is 7. The molecule has 0 radical (unpaired) electrons. The van der Waals surface area contributed by atoms with E-state index < -0.39 is 0 Å². The number of nitrogens with zero attached hydrogens (tertiary/aromatic N) is 4. The molecule has 0 unspecified atom stereocenters. The first-order valence-corrected chi connectivity index (χ1v) is 7.73. The van der Waals surface area contributed by atoms with E-state index in [2.05, 4.69) is 20.3 Å². The highest BCUT2D eigenvalue weighted by Crippen LogP contribution is 2.30. The minimum Gasteiger partial charge on any atom is -0.409 e. The third-order valence-electron chi connectivity index (χ3n) is 4.03. The van der Waals surface area contributed by atoms with Crippen LogP contribution in [0.5, 0.6) is 0 Å². The van der Waals surface area contributed by atoms with Crippen molar-refractivity contribution in [3.63, 3.8) is 0 Å². The van der Waals surface area contributed by atoms with Crippen LogP contribution in [0.4, 0.5) is 5.82 Å². The van der Waals surface area contributed by atoms with Crippen molar-refractivity contribution < 1.29 is 9.73 Å². The van der Waals surface area contributed by atoms with Crippen LogP contribution >= 0.6 is 0 Å². The Bertz CT molecular complexity index is 1120. The molecule has 5 N–H and O–H groups in total. The second-order valence-electron chi connectivity index (χ2n) is 5.59. The zero-order chi connectivity index (χ0) is 18.1. The van der Waals surface area contributed by atoms with Gasteiger partial charge in [-0.1, -0.05) is 46.7 Å². The van der Waals surface area contributed by atoms with Gasteiger partial charge in [0.1, 0.15) is 5.82 Å². The lowest BCUT2D eigenvalue weighted by atomic mass is 10.1. The van der Waals surface area contributed by atoms with E-state index in [4.69, 9.17) is 21.2 Å². The summed E-state index contributed by atoms with van der Waals surface area (Å²) in [6.45, 7) is 0. The van der Waals surface area contributed by atoms with Crippen molar-refractivity contribution >= 4 is 22.4 Å². The van der Waals surface area contributed by atoms with Gasteiger partial charge in [-0.2, -0.15) is 4.98 Å². The van der Waals surface area contributed by atoms with Gasteiger partial charge in [-0.15, -0.1) is 0 Å². The second kappa shape index (κ2) is 6.17. The van der Waals surface area contributed by atoms with Gasteiger partial charge in [-0.3, -0.25) is 0 Å². The molecular weight excluding hydrogens is 332 g/mol. The molecule has 128 valence electrons. The zero-order valence-electron chi connectivity index (χ0n) is 13.5. The number of hydrogen-bond donors (Lipinski definition) is 3. The number of aromatic nitrogens is 3. The average molecular weight is 346 g/mol. The number of oxime groups is 1. The first-order chi connectivity index (χ1) is 12.7. The largest absolute Gasteiger partial charge is 0.409 e. The molecule has 26 heavy (non-hydrogen) atoms. The predicted octanol–water partition coefficient (Wildman–Crippen LogP) is 2.63. The molecule has 4 rings (SSSR count). The summed E-state index contributed by atoms with van der Waals surface area (Å²) in [7, 11) is 0. The van der Waals surface area contributed by atoms with Crippen molar-refractivity contribution in [1.29, 1.82) is 0 Å². The molecule has 0 aliphatic heterocycles. The van der Waals surface area contributed by atoms with E-state index in [-0.39, 0.29) is 5.84 Å². The summed E-state index contributed by atoms with van der Waals surface area (Å²) in [6.07, 6.45) is 1.63. The lowest BCUT2D eigenvalue weighted by molar-refractivity contribution is 0.318. The van der Waals surface area contributed by atoms with Crippen LogP contribution in [-0.4, -0.2) is 26.2 Å². The topological polar surface area (TPSA) is 136 Å². The molecule has 2 heterocycles. The molecule has 4 aromatic rings. The second-order valence-corrected chi connectivity index (χ2v) is 5.59. The van der Waals surface area contributed by atoms with Crippen LogP contribution in [-0.2, 0) is 0 Å². The first-order valence-electron chi connectivity index (χ1n) is 7.73. The quantitative estimate of drug-likeness (QED) is 0.224. The molecule has 8 nitrogen and oxygen atoms in total. The van der Waals surface area contributed by atoms with E-state index in [0.29, 0.717) is 28.7 Å². The number of fused-ring (bicyclic) bond motifs is 1. The van der Waals surface area contributed by atoms with E-state index >= 15 is 0 Å². The number of pyridine rings is 1. The van der Waals surface area contributed by atoms with Gasteiger partial charge in [0.15, 0.2) is 5.84 Å². The molecule has 0 saturated heterocycles. The fourth-order valence-electron chi connectivity index (χ4n) is 2.68. The van der Waals surface area contributed by atoms with Gasteiger partial charge in [0.05, 0.1) is 0 Å². The van der Waals surface area contributed by atoms with E-state index in [1.807, 2.05) is 24.3 Å². The Labute approximate surface area is 147 Å². The fourth-order valence-corrected chi connectivity index (χ4v) is 2.68. The molecule has 0 bridgehead atoms. The predicted molar refractivity (Wildman–Crippen MR) is 97.4 cm³/mol. The van der Waals surface area contributed by atoms with Crippen LogP contribution in [0.1, 0.15) is 5.56 Å². The van der Waals surface area contributed by atoms with Gasteiger partial charge < -0.3 is 21.2 Å². The van der Waals surface area contributed by atoms with Gasteiger partial charge >= 0.3 is 0 Å². The Morgan fingerprint density at radius 2 is 1.77 bits per heavy atom. The van der Waals surface area contributed by atoms with Crippen LogP contribution in [0.25, 0.3) is 33.6 Å². The Balaban J connectivity index is 1.74. The van der Waals surface area contributed by atoms with Gasteiger partial charge in [0.2, 0.25) is 5.82 Å². The lowest BCUT2D eigenvalue weighted by Gasteiger charge is -2.04. The summed E-state index contributed by atoms with van der Waals surface area (Å²) in [5.41, 5.74) is 13.5. The van der Waals surface area contributed by atoms with Crippen LogP contribution in [0.15, 0.2) is 64.4 Å². The van der Waals surface area contributed by atoms with E-state index in [0.717, 1.165) is 16.3 Å². The Morgan fingerprint density at radius 3 is 2.50 bits per heavy atom. The maximum Gasteiger partial charge on any atom is 0.258 e. The van der Waals surface area contributed by atoms with Crippen molar-refractivity contribution in [3.8, 4) is 22.8 Å². The fraction of sp³-hybridized carbons (Fsp3) is 0. The van der Waals surface area contributed by atoms with Crippen LogP contribution in [0.3, 0.4) is 0 Å². The Morgan fingerprint density at radius 1 is 1.04 bits per heavy atom. The third-order valence-corrected chi connectivity index (χ3v) is 4.03. The molecule has 2 aromatic carbocycles. The van der Waals surface area contributed by atoms with Crippen LogP contribution in [0.2, 0.25) is 0 Å². The highest BCUT2D eigenvalue weighted by molar-refractivity contribution is 6.00. The number of benzene rings is 2. The minimum atomic E-state index is 0.0298. The highest BCUT2D eigenvalue weighted by atomic mass is 16.5. The smallest absolute Gasteiger partial charge is 0.258 e. The van der Waals surface area contributed by atoms with Crippen molar-refractivity contribution in [1.82, 2.24) is 15.1 Å². The third kappa shape index (κ3) is 2.59. The summed E-state index contributed by atoms with van der Waals surface area (Å²) in [5.74, 6) is 1.25. The summed E-state index contributed by atoms with van der Waals surface area (Å²) in [6, 6.07) is 14.6. The van der Waals surface area contributed by atoms with Crippen LogP contribution in [0, 0.1) is 0 Å². The Hall–Kier alpha value is -3.94. The molecule has 0 fully saturated rings. The number of nitrogens with two attached hydrogens (primary N) is 2. The average Bonchev–Trinajstić information content (AvgIpc) is 3.18. The van der Waals surface area contributed by atoms with E-state index in [1.165, 1.54) is 0 Å². The van der Waals surface area contributed by atoms with E-state index in [1.54, 1.807) is 30.5 Å². The molecule has 8 heteroatoms. The number of amidine groups is 1. The first kappa shape index (κ1) is 15.6. The maximum absolute atomic E-state index is 8.72. The highest BCUT2D eigenvalue weighted by Gasteiger charge is 2.15. The normalized spacial score (nSPS) is 11.8. The molecule has 0 aliphatic carbocycles. The summed E-state index contributed by atoms with van der Waals surface area (Å²) < 4.78 is 5.38. The lowest BCUT2D eigenvalue weighted by Crippen LogP contribution is -2.12. The SMILES string of the molecule is N/C(=N\O)c1ccc(-c2nc(-c3cnc(N)c4ccccc34)no2)cc1. The van der Waals surface area contributed by atoms with Crippen molar-refractivity contribution in [2.24, 2.45) is 10.9 Å². The summed E-state index contributed by atoms with van der Waals surface area (Å²) >= 11 is 0. The van der Waals surface area contributed by atoms with Gasteiger partial charge in [-0.05, 0) is 17.5 Å². The Kier molecular flexibility index (Phi) is 3.70. The molecular formula is C18H14N6O2. The minimum absolute atomic E-state index is 0.0298. The number of rotatable bonds is 3. The van der Waals surface area contributed by atoms with Crippen molar-refractivity contribution in [2.45, 2.75) is 0 Å².